The predicted molar refractivity (Wildman–Crippen MR) is 95.8 cm³/mol. The van der Waals surface area contributed by atoms with E-state index < -0.39 is 0 Å². The Balaban J connectivity index is 1.74. The van der Waals surface area contributed by atoms with E-state index in [2.05, 4.69) is 15.6 Å². The molecular weight excluding hydrogens is 332 g/mol. The van der Waals surface area contributed by atoms with Gasteiger partial charge in [-0.3, -0.25) is 4.79 Å². The minimum Gasteiger partial charge on any atom is -0.508 e. The third kappa shape index (κ3) is 2.95. The third-order valence-corrected chi connectivity index (χ3v) is 4.28. The molecule has 7 nitrogen and oxygen atoms in total. The number of nitrogens with one attached hydrogen (secondary N) is 1. The molecule has 0 bridgehead atoms. The minimum absolute atomic E-state index is 0.0600. The molecule has 4 rings (SSSR count). The summed E-state index contributed by atoms with van der Waals surface area (Å²) in [5, 5.41) is 19.9. The molecule has 1 aliphatic heterocycles. The SMILES string of the molecule is CC(=O)Nc1nonc1C1=Nc2ccccc2C1Cc1ccc(O)cc1. The average Bonchev–Trinajstić information content (AvgIpc) is 3.21. The van der Waals surface area contributed by atoms with Crippen LogP contribution in [0.4, 0.5) is 11.5 Å². The van der Waals surface area contributed by atoms with Crippen LogP contribution in [0.2, 0.25) is 0 Å². The summed E-state index contributed by atoms with van der Waals surface area (Å²) in [6.45, 7) is 1.40. The number of aromatic nitrogens is 2. The molecule has 3 aromatic rings. The monoisotopic (exact) mass is 348 g/mol. The van der Waals surface area contributed by atoms with Crippen LogP contribution in [0.1, 0.15) is 29.7 Å². The Morgan fingerprint density at radius 3 is 2.69 bits per heavy atom. The second-order valence-corrected chi connectivity index (χ2v) is 6.12. The highest BCUT2D eigenvalue weighted by Crippen LogP contribution is 2.40. The maximum absolute atomic E-state index is 11.4. The Labute approximate surface area is 149 Å². The maximum atomic E-state index is 11.4. The number of hydrogen-bond donors (Lipinski definition) is 2. The van der Waals surface area contributed by atoms with Gasteiger partial charge >= 0.3 is 0 Å². The van der Waals surface area contributed by atoms with Crippen molar-refractivity contribution in [2.75, 3.05) is 5.32 Å². The predicted octanol–water partition coefficient (Wildman–Crippen LogP) is 3.19. The van der Waals surface area contributed by atoms with E-state index >= 15 is 0 Å². The zero-order valence-electron chi connectivity index (χ0n) is 14.0. The Bertz CT molecular complexity index is 992. The lowest BCUT2D eigenvalue weighted by Gasteiger charge is -2.14. The first kappa shape index (κ1) is 16.0. The van der Waals surface area contributed by atoms with Crippen LogP contribution in [-0.4, -0.2) is 27.0 Å². The molecule has 0 saturated heterocycles. The van der Waals surface area contributed by atoms with Crippen molar-refractivity contribution in [3.05, 3.63) is 65.4 Å². The number of amides is 1. The van der Waals surface area contributed by atoms with Gasteiger partial charge in [-0.25, -0.2) is 9.62 Å². The summed E-state index contributed by atoms with van der Waals surface area (Å²) in [6, 6.07) is 14.9. The van der Waals surface area contributed by atoms with Gasteiger partial charge in [0.25, 0.3) is 0 Å². The van der Waals surface area contributed by atoms with Crippen molar-refractivity contribution in [1.29, 1.82) is 0 Å². The number of benzene rings is 2. The normalized spacial score (nSPS) is 15.4. The molecule has 2 heterocycles. The number of carbonyl (C=O) groups is 1. The van der Waals surface area contributed by atoms with Crippen LogP contribution in [0.3, 0.4) is 0 Å². The van der Waals surface area contributed by atoms with Crippen LogP contribution < -0.4 is 5.32 Å². The van der Waals surface area contributed by atoms with Crippen LogP contribution in [-0.2, 0) is 11.2 Å². The van der Waals surface area contributed by atoms with Crippen molar-refractivity contribution in [3.8, 4) is 5.75 Å². The Morgan fingerprint density at radius 1 is 1.15 bits per heavy atom. The van der Waals surface area contributed by atoms with Gasteiger partial charge in [-0.05, 0) is 46.1 Å². The molecule has 0 aliphatic carbocycles. The number of fused-ring (bicyclic) bond motifs is 1. The summed E-state index contributed by atoms with van der Waals surface area (Å²) in [4.78, 5) is 16.1. The quantitative estimate of drug-likeness (QED) is 0.754. The number of para-hydroxylation sites is 1. The maximum Gasteiger partial charge on any atom is 0.222 e. The van der Waals surface area contributed by atoms with Crippen LogP contribution in [0.25, 0.3) is 0 Å². The highest BCUT2D eigenvalue weighted by atomic mass is 16.6. The first-order chi connectivity index (χ1) is 12.6. The van der Waals surface area contributed by atoms with E-state index in [-0.39, 0.29) is 23.4 Å². The molecule has 1 amide bonds. The molecule has 0 radical (unpaired) electrons. The van der Waals surface area contributed by atoms with E-state index in [1.165, 1.54) is 6.92 Å². The molecule has 7 heteroatoms. The number of hydrogen-bond acceptors (Lipinski definition) is 6. The number of phenolic OH excluding ortho intramolecular Hbond substituents is 1. The molecular formula is C19H16N4O3. The van der Waals surface area contributed by atoms with Gasteiger partial charge in [0.2, 0.25) is 11.7 Å². The summed E-state index contributed by atoms with van der Waals surface area (Å²) in [5.41, 5.74) is 4.12. The van der Waals surface area contributed by atoms with Gasteiger partial charge in [0.05, 0.1) is 11.4 Å². The van der Waals surface area contributed by atoms with Gasteiger partial charge in [0.1, 0.15) is 5.75 Å². The summed E-state index contributed by atoms with van der Waals surface area (Å²) >= 11 is 0. The van der Waals surface area contributed by atoms with E-state index in [0.717, 1.165) is 16.8 Å². The van der Waals surface area contributed by atoms with Gasteiger partial charge in [-0.15, -0.1) is 0 Å². The molecule has 0 fully saturated rings. The van der Waals surface area contributed by atoms with Crippen molar-refractivity contribution < 1.29 is 14.5 Å². The molecule has 1 aromatic heterocycles. The smallest absolute Gasteiger partial charge is 0.222 e. The molecule has 0 saturated carbocycles. The van der Waals surface area contributed by atoms with E-state index in [1.54, 1.807) is 12.1 Å². The highest BCUT2D eigenvalue weighted by molar-refractivity contribution is 6.12. The lowest BCUT2D eigenvalue weighted by molar-refractivity contribution is -0.114. The zero-order chi connectivity index (χ0) is 18.1. The Kier molecular flexibility index (Phi) is 3.96. The van der Waals surface area contributed by atoms with Crippen LogP contribution in [0.15, 0.2) is 58.2 Å². The molecule has 1 aliphatic rings. The number of nitrogens with zero attached hydrogens (tertiary/aromatic N) is 3. The molecule has 2 N–H and O–H groups in total. The Hall–Kier alpha value is -3.48. The number of carbonyl (C=O) groups excluding carboxylic acids is 1. The summed E-state index contributed by atoms with van der Waals surface area (Å²) < 4.78 is 4.84. The fraction of sp³-hybridized carbons (Fsp3) is 0.158. The highest BCUT2D eigenvalue weighted by Gasteiger charge is 2.32. The topological polar surface area (TPSA) is 101 Å². The van der Waals surface area contributed by atoms with Gasteiger partial charge in [0.15, 0.2) is 5.69 Å². The zero-order valence-corrected chi connectivity index (χ0v) is 14.0. The van der Waals surface area contributed by atoms with E-state index in [4.69, 9.17) is 9.62 Å². The molecule has 1 atom stereocenters. The summed E-state index contributed by atoms with van der Waals surface area (Å²) in [7, 11) is 0. The molecule has 26 heavy (non-hydrogen) atoms. The largest absolute Gasteiger partial charge is 0.508 e. The van der Waals surface area contributed by atoms with Gasteiger partial charge < -0.3 is 10.4 Å². The number of phenols is 1. The van der Waals surface area contributed by atoms with Crippen molar-refractivity contribution in [1.82, 2.24) is 10.3 Å². The third-order valence-electron chi connectivity index (χ3n) is 4.28. The van der Waals surface area contributed by atoms with Crippen molar-refractivity contribution in [3.63, 3.8) is 0 Å². The average molecular weight is 348 g/mol. The van der Waals surface area contributed by atoms with Gasteiger partial charge in [-0.1, -0.05) is 30.3 Å². The van der Waals surface area contributed by atoms with Crippen LogP contribution >= 0.6 is 0 Å². The first-order valence-electron chi connectivity index (χ1n) is 8.18. The van der Waals surface area contributed by atoms with Gasteiger partial charge in [-0.2, -0.15) is 0 Å². The second kappa shape index (κ2) is 6.44. The van der Waals surface area contributed by atoms with Crippen LogP contribution in [0.5, 0.6) is 5.75 Å². The lowest BCUT2D eigenvalue weighted by Crippen LogP contribution is -2.17. The van der Waals surface area contributed by atoms with Crippen molar-refractivity contribution >= 4 is 23.1 Å². The molecule has 2 aromatic carbocycles. The van der Waals surface area contributed by atoms with Crippen molar-refractivity contribution in [2.24, 2.45) is 4.99 Å². The van der Waals surface area contributed by atoms with Crippen molar-refractivity contribution in [2.45, 2.75) is 19.3 Å². The number of anilines is 1. The van der Waals surface area contributed by atoms with E-state index in [1.807, 2.05) is 36.4 Å². The second-order valence-electron chi connectivity index (χ2n) is 6.12. The van der Waals surface area contributed by atoms with E-state index in [9.17, 15) is 9.90 Å². The lowest BCUT2D eigenvalue weighted by atomic mass is 9.88. The minimum atomic E-state index is -0.256. The molecule has 130 valence electrons. The number of aliphatic imine (C=N–C) groups is 1. The molecule has 1 unspecified atom stereocenters. The summed E-state index contributed by atoms with van der Waals surface area (Å²) in [5.74, 6) is 0.172. The van der Waals surface area contributed by atoms with Crippen LogP contribution in [0, 0.1) is 0 Å². The fourth-order valence-corrected chi connectivity index (χ4v) is 3.14. The number of rotatable bonds is 4. The first-order valence-corrected chi connectivity index (χ1v) is 8.18. The van der Waals surface area contributed by atoms with Gasteiger partial charge in [0, 0.05) is 12.8 Å². The Morgan fingerprint density at radius 2 is 1.92 bits per heavy atom. The number of aromatic hydroxyl groups is 1. The standard InChI is InChI=1S/C19H16N4O3/c1-11(24)20-19-18(22-26-23-19)17-15(10-12-6-8-13(25)9-7-12)14-4-2-3-5-16(14)21-17/h2-9,15,25H,10H2,1H3,(H,20,23,24). The summed E-state index contributed by atoms with van der Waals surface area (Å²) in [6.07, 6.45) is 0.669. The van der Waals surface area contributed by atoms with E-state index in [0.29, 0.717) is 17.8 Å². The fourth-order valence-electron chi connectivity index (χ4n) is 3.14. The molecule has 0 spiro atoms.